The molecule has 2 N–H and O–H groups in total. The summed E-state index contributed by atoms with van der Waals surface area (Å²) in [4.78, 5) is 12.3. The van der Waals surface area contributed by atoms with Crippen molar-refractivity contribution in [3.05, 3.63) is 39.7 Å². The Kier molecular flexibility index (Phi) is 3.62. The van der Waals surface area contributed by atoms with Crippen molar-refractivity contribution < 1.29 is 4.74 Å². The number of benzene rings is 1. The van der Waals surface area contributed by atoms with Crippen LogP contribution in [-0.4, -0.2) is 17.7 Å². The molecular formula is C15H20N2O2. The highest BCUT2D eigenvalue weighted by Gasteiger charge is 2.13. The molecule has 4 nitrogen and oxygen atoms in total. The Morgan fingerprint density at radius 3 is 2.68 bits per heavy atom. The standard InChI is InChI=1S/C15H20N2O2/c1-9-5-6-13(19-4)14-12(9)8-11(7-10(2)16)15(18)17(14)3/h5-6,8,10H,7,16H2,1-4H3. The Morgan fingerprint density at radius 2 is 2.11 bits per heavy atom. The highest BCUT2D eigenvalue weighted by Crippen LogP contribution is 2.27. The second-order valence-electron chi connectivity index (χ2n) is 5.06. The van der Waals surface area contributed by atoms with Gasteiger partial charge in [0, 0.05) is 24.0 Å². The van der Waals surface area contributed by atoms with Crippen LogP contribution in [0.3, 0.4) is 0 Å². The quantitative estimate of drug-likeness (QED) is 0.914. The van der Waals surface area contributed by atoms with Crippen LogP contribution in [0.15, 0.2) is 23.0 Å². The predicted molar refractivity (Wildman–Crippen MR) is 77.8 cm³/mol. The van der Waals surface area contributed by atoms with Gasteiger partial charge in [-0.25, -0.2) is 0 Å². The van der Waals surface area contributed by atoms with Crippen LogP contribution in [-0.2, 0) is 13.5 Å². The summed E-state index contributed by atoms with van der Waals surface area (Å²) in [6.45, 7) is 3.93. The van der Waals surface area contributed by atoms with Gasteiger partial charge < -0.3 is 15.0 Å². The molecule has 19 heavy (non-hydrogen) atoms. The van der Waals surface area contributed by atoms with Crippen molar-refractivity contribution in [1.29, 1.82) is 0 Å². The number of nitrogens with zero attached hydrogens (tertiary/aromatic N) is 1. The first-order chi connectivity index (χ1) is 8.95. The van der Waals surface area contributed by atoms with E-state index in [1.807, 2.05) is 32.0 Å². The van der Waals surface area contributed by atoms with Crippen LogP contribution in [0.2, 0.25) is 0 Å². The van der Waals surface area contributed by atoms with Crippen LogP contribution in [0.25, 0.3) is 10.9 Å². The zero-order valence-corrected chi connectivity index (χ0v) is 11.9. The summed E-state index contributed by atoms with van der Waals surface area (Å²) in [5.74, 6) is 0.715. The molecule has 0 bridgehead atoms. The van der Waals surface area contributed by atoms with E-state index >= 15 is 0 Å². The SMILES string of the molecule is COc1ccc(C)c2cc(CC(C)N)c(=O)n(C)c12. The van der Waals surface area contributed by atoms with Crippen molar-refractivity contribution in [3.8, 4) is 5.75 Å². The van der Waals surface area contributed by atoms with Gasteiger partial charge >= 0.3 is 0 Å². The van der Waals surface area contributed by atoms with Crippen LogP contribution >= 0.6 is 0 Å². The lowest BCUT2D eigenvalue weighted by molar-refractivity contribution is 0.417. The summed E-state index contributed by atoms with van der Waals surface area (Å²) >= 11 is 0. The van der Waals surface area contributed by atoms with Crippen LogP contribution in [0.5, 0.6) is 5.75 Å². The summed E-state index contributed by atoms with van der Waals surface area (Å²) in [7, 11) is 3.39. The molecule has 0 amide bonds. The highest BCUT2D eigenvalue weighted by atomic mass is 16.5. The van der Waals surface area contributed by atoms with Gasteiger partial charge in [-0.1, -0.05) is 6.07 Å². The number of nitrogens with two attached hydrogens (primary N) is 1. The number of aromatic nitrogens is 1. The largest absolute Gasteiger partial charge is 0.495 e. The molecule has 0 fully saturated rings. The molecule has 0 aliphatic heterocycles. The van der Waals surface area contributed by atoms with Gasteiger partial charge in [0.2, 0.25) is 0 Å². The second kappa shape index (κ2) is 5.05. The average Bonchev–Trinajstić information content (AvgIpc) is 2.36. The van der Waals surface area contributed by atoms with Crippen LogP contribution < -0.4 is 16.0 Å². The number of aryl methyl sites for hydroxylation is 2. The molecule has 1 aromatic carbocycles. The molecule has 1 heterocycles. The average molecular weight is 260 g/mol. The third-order valence-corrected chi connectivity index (χ3v) is 3.39. The van der Waals surface area contributed by atoms with Gasteiger partial charge in [0.15, 0.2) is 0 Å². The fraction of sp³-hybridized carbons (Fsp3) is 0.400. The normalized spacial score (nSPS) is 12.7. The Bertz CT molecular complexity index is 672. The highest BCUT2D eigenvalue weighted by molar-refractivity contribution is 5.88. The van der Waals surface area contributed by atoms with E-state index in [0.29, 0.717) is 12.2 Å². The lowest BCUT2D eigenvalue weighted by Crippen LogP contribution is -2.27. The van der Waals surface area contributed by atoms with E-state index in [0.717, 1.165) is 22.0 Å². The molecule has 0 saturated carbocycles. The van der Waals surface area contributed by atoms with Crippen molar-refractivity contribution in [2.45, 2.75) is 26.3 Å². The number of hydrogen-bond donors (Lipinski definition) is 1. The van der Waals surface area contributed by atoms with E-state index in [4.69, 9.17) is 10.5 Å². The van der Waals surface area contributed by atoms with Gasteiger partial charge in [-0.15, -0.1) is 0 Å². The van der Waals surface area contributed by atoms with Gasteiger partial charge in [0.05, 0.1) is 12.6 Å². The van der Waals surface area contributed by atoms with Gasteiger partial charge in [-0.3, -0.25) is 4.79 Å². The van der Waals surface area contributed by atoms with Crippen molar-refractivity contribution in [2.75, 3.05) is 7.11 Å². The van der Waals surface area contributed by atoms with E-state index in [-0.39, 0.29) is 11.6 Å². The number of methoxy groups -OCH3 is 1. The van der Waals surface area contributed by atoms with E-state index in [9.17, 15) is 4.79 Å². The first-order valence-corrected chi connectivity index (χ1v) is 6.37. The van der Waals surface area contributed by atoms with Crippen molar-refractivity contribution in [1.82, 2.24) is 4.57 Å². The minimum Gasteiger partial charge on any atom is -0.495 e. The van der Waals surface area contributed by atoms with Crippen molar-refractivity contribution in [3.63, 3.8) is 0 Å². The molecule has 1 aromatic heterocycles. The Morgan fingerprint density at radius 1 is 1.42 bits per heavy atom. The van der Waals surface area contributed by atoms with E-state index in [2.05, 4.69) is 0 Å². The molecule has 0 aliphatic carbocycles. The number of hydrogen-bond acceptors (Lipinski definition) is 3. The maximum Gasteiger partial charge on any atom is 0.254 e. The molecule has 1 unspecified atom stereocenters. The molecule has 1 atom stereocenters. The van der Waals surface area contributed by atoms with Gasteiger partial charge in [0.1, 0.15) is 5.75 Å². The number of pyridine rings is 1. The van der Waals surface area contributed by atoms with Gasteiger partial charge in [-0.05, 0) is 38.0 Å². The fourth-order valence-electron chi connectivity index (χ4n) is 2.43. The lowest BCUT2D eigenvalue weighted by atomic mass is 10.0. The minimum atomic E-state index is -0.0314. The number of rotatable bonds is 3. The second-order valence-corrected chi connectivity index (χ2v) is 5.06. The monoisotopic (exact) mass is 260 g/mol. The summed E-state index contributed by atoms with van der Waals surface area (Å²) in [5, 5.41) is 1.04. The maximum atomic E-state index is 12.3. The van der Waals surface area contributed by atoms with Crippen molar-refractivity contribution >= 4 is 10.9 Å². The Hall–Kier alpha value is -1.81. The summed E-state index contributed by atoms with van der Waals surface area (Å²) in [5.41, 5.74) is 8.51. The summed E-state index contributed by atoms with van der Waals surface area (Å²) < 4.78 is 7.01. The lowest BCUT2D eigenvalue weighted by Gasteiger charge is -2.14. The maximum absolute atomic E-state index is 12.3. The van der Waals surface area contributed by atoms with E-state index in [1.54, 1.807) is 18.7 Å². The molecule has 2 rings (SSSR count). The van der Waals surface area contributed by atoms with Crippen LogP contribution in [0, 0.1) is 6.92 Å². The van der Waals surface area contributed by atoms with Gasteiger partial charge in [-0.2, -0.15) is 0 Å². The molecular weight excluding hydrogens is 240 g/mol. The summed E-state index contributed by atoms with van der Waals surface area (Å²) in [6, 6.07) is 5.80. The van der Waals surface area contributed by atoms with E-state index < -0.39 is 0 Å². The summed E-state index contributed by atoms with van der Waals surface area (Å²) in [6.07, 6.45) is 0.583. The van der Waals surface area contributed by atoms with Crippen molar-refractivity contribution in [2.24, 2.45) is 12.8 Å². The molecule has 0 radical (unpaired) electrons. The first kappa shape index (κ1) is 13.6. The number of ether oxygens (including phenoxy) is 1. The smallest absolute Gasteiger partial charge is 0.254 e. The molecule has 0 spiro atoms. The topological polar surface area (TPSA) is 57.2 Å². The van der Waals surface area contributed by atoms with E-state index in [1.165, 1.54) is 0 Å². The predicted octanol–water partition coefficient (Wildman–Crippen LogP) is 1.75. The minimum absolute atomic E-state index is 0.00583. The molecule has 102 valence electrons. The molecule has 0 saturated heterocycles. The number of fused-ring (bicyclic) bond motifs is 1. The third-order valence-electron chi connectivity index (χ3n) is 3.39. The third kappa shape index (κ3) is 2.36. The van der Waals surface area contributed by atoms with Crippen LogP contribution in [0.1, 0.15) is 18.1 Å². The molecule has 4 heteroatoms. The molecule has 2 aromatic rings. The first-order valence-electron chi connectivity index (χ1n) is 6.37. The Balaban J connectivity index is 2.83. The fourth-order valence-corrected chi connectivity index (χ4v) is 2.43. The van der Waals surface area contributed by atoms with Gasteiger partial charge in [0.25, 0.3) is 5.56 Å². The Labute approximate surface area is 112 Å². The zero-order valence-electron chi connectivity index (χ0n) is 11.9. The van der Waals surface area contributed by atoms with Crippen LogP contribution in [0.4, 0.5) is 0 Å². The molecule has 0 aliphatic rings. The zero-order chi connectivity index (χ0) is 14.2.